The molecule has 0 unspecified atom stereocenters. The number of hydrogen-bond acceptors (Lipinski definition) is 3. The Morgan fingerprint density at radius 3 is 2.02 bits per heavy atom. The van der Waals surface area contributed by atoms with E-state index in [4.69, 9.17) is 16.6 Å². The fourth-order valence-electron chi connectivity index (χ4n) is 4.59. The minimum atomic E-state index is -2.24. The number of aryl methyl sites for hydroxylation is 1. The first-order valence-corrected chi connectivity index (χ1v) is 13.7. The van der Waals surface area contributed by atoms with Crippen LogP contribution >= 0.6 is 22.9 Å². The summed E-state index contributed by atoms with van der Waals surface area (Å²) >= 11 is 7.69. The third-order valence-corrected chi connectivity index (χ3v) is 8.39. The van der Waals surface area contributed by atoms with Crippen molar-refractivity contribution in [3.8, 4) is 21.7 Å². The lowest BCUT2D eigenvalue weighted by Gasteiger charge is -2.30. The van der Waals surface area contributed by atoms with Crippen molar-refractivity contribution in [3.05, 3.63) is 105 Å². The number of rotatable bonds is 5. The van der Waals surface area contributed by atoms with Crippen molar-refractivity contribution in [2.45, 2.75) is 25.7 Å². The second-order valence-electron chi connectivity index (χ2n) is 9.52. The van der Waals surface area contributed by atoms with Crippen LogP contribution in [-0.4, -0.2) is 28.9 Å². The van der Waals surface area contributed by atoms with Crippen LogP contribution in [0.1, 0.15) is 34.9 Å². The van der Waals surface area contributed by atoms with Crippen LogP contribution in [0.4, 0.5) is 22.0 Å². The molecular weight excluding hydrogens is 567 g/mol. The average molecular weight is 589 g/mol. The van der Waals surface area contributed by atoms with E-state index in [1.807, 2.05) is 43.3 Å². The molecule has 4 aromatic rings. The molecule has 5 rings (SSSR count). The molecule has 3 nitrogen and oxygen atoms in total. The molecular formula is C30H22ClF5N2OS. The van der Waals surface area contributed by atoms with Gasteiger partial charge < -0.3 is 4.90 Å². The number of likely N-dealkylation sites (tertiary alicyclic amines) is 1. The molecule has 10 heteroatoms. The molecule has 1 fully saturated rings. The Morgan fingerprint density at radius 2 is 1.43 bits per heavy atom. The van der Waals surface area contributed by atoms with Crippen LogP contribution < -0.4 is 0 Å². The highest BCUT2D eigenvalue weighted by atomic mass is 35.5. The molecule has 206 valence electrons. The van der Waals surface area contributed by atoms with Crippen LogP contribution in [0.2, 0.25) is 5.02 Å². The molecule has 1 amide bonds. The summed E-state index contributed by atoms with van der Waals surface area (Å²) in [6.45, 7) is 2.72. The average Bonchev–Trinajstić information content (AvgIpc) is 3.41. The Labute approximate surface area is 236 Å². The molecule has 0 saturated carbocycles. The normalized spacial score (nSPS) is 14.3. The van der Waals surface area contributed by atoms with E-state index in [0.717, 1.165) is 38.3 Å². The van der Waals surface area contributed by atoms with Crippen molar-refractivity contribution < 1.29 is 26.7 Å². The molecule has 0 N–H and O–H groups in total. The highest BCUT2D eigenvalue weighted by Crippen LogP contribution is 2.42. The molecule has 2 heterocycles. The quantitative estimate of drug-likeness (QED) is 0.101. The smallest absolute Gasteiger partial charge is 0.246 e. The van der Waals surface area contributed by atoms with Crippen molar-refractivity contribution in [2.75, 3.05) is 13.1 Å². The first kappa shape index (κ1) is 28.0. The highest BCUT2D eigenvalue weighted by Gasteiger charge is 2.28. The Bertz CT molecular complexity index is 1500. The van der Waals surface area contributed by atoms with E-state index in [9.17, 15) is 26.7 Å². The molecule has 40 heavy (non-hydrogen) atoms. The molecule has 1 aromatic heterocycles. The molecule has 1 aliphatic heterocycles. The van der Waals surface area contributed by atoms with Gasteiger partial charge in [-0.1, -0.05) is 53.6 Å². The van der Waals surface area contributed by atoms with E-state index in [1.165, 1.54) is 4.90 Å². The van der Waals surface area contributed by atoms with E-state index in [0.29, 0.717) is 37.0 Å². The van der Waals surface area contributed by atoms with Crippen molar-refractivity contribution in [1.29, 1.82) is 0 Å². The van der Waals surface area contributed by atoms with Gasteiger partial charge in [0.2, 0.25) is 11.7 Å². The van der Waals surface area contributed by atoms with Crippen LogP contribution in [0.25, 0.3) is 27.8 Å². The summed E-state index contributed by atoms with van der Waals surface area (Å²) < 4.78 is 68.1. The first-order chi connectivity index (χ1) is 19.1. The number of hydrogen-bond donors (Lipinski definition) is 0. The lowest BCUT2D eigenvalue weighted by atomic mass is 9.97. The second kappa shape index (κ2) is 11.5. The van der Waals surface area contributed by atoms with Crippen molar-refractivity contribution in [3.63, 3.8) is 0 Å². The minimum Gasteiger partial charge on any atom is -0.339 e. The van der Waals surface area contributed by atoms with E-state index < -0.39 is 40.6 Å². The predicted molar refractivity (Wildman–Crippen MR) is 147 cm³/mol. The number of thiazole rings is 1. The number of carbonyl (C=O) groups excluding carboxylic acids is 1. The maximum Gasteiger partial charge on any atom is 0.246 e. The van der Waals surface area contributed by atoms with E-state index in [2.05, 4.69) is 12.1 Å². The number of amides is 1. The van der Waals surface area contributed by atoms with Gasteiger partial charge in [-0.25, -0.2) is 26.9 Å². The zero-order valence-corrected chi connectivity index (χ0v) is 22.7. The molecule has 0 radical (unpaired) electrons. The van der Waals surface area contributed by atoms with Crippen LogP contribution in [0.15, 0.2) is 54.6 Å². The highest BCUT2D eigenvalue weighted by molar-refractivity contribution is 7.15. The van der Waals surface area contributed by atoms with Crippen molar-refractivity contribution >= 4 is 34.9 Å². The number of piperidine rings is 1. The van der Waals surface area contributed by atoms with Gasteiger partial charge in [0.25, 0.3) is 0 Å². The Morgan fingerprint density at radius 1 is 0.875 bits per heavy atom. The van der Waals surface area contributed by atoms with Gasteiger partial charge in [-0.3, -0.25) is 4.79 Å². The van der Waals surface area contributed by atoms with Gasteiger partial charge >= 0.3 is 0 Å². The largest absolute Gasteiger partial charge is 0.339 e. The Balaban J connectivity index is 1.34. The van der Waals surface area contributed by atoms with Gasteiger partial charge in [0.05, 0.1) is 21.1 Å². The molecule has 0 atom stereocenters. The Kier molecular flexibility index (Phi) is 8.05. The van der Waals surface area contributed by atoms with Crippen LogP contribution in [0.3, 0.4) is 0 Å². The molecule has 0 bridgehead atoms. The van der Waals surface area contributed by atoms with Gasteiger partial charge in [0, 0.05) is 35.7 Å². The SMILES string of the molecule is Cc1ccc(-c2sc(C3CCN(C(=O)C=Cc4c(F)c(F)c(F)c(F)c4F)CC3)nc2-c2ccc(Cl)cc2)cc1. The monoisotopic (exact) mass is 588 g/mol. The number of benzene rings is 3. The van der Waals surface area contributed by atoms with Crippen LogP contribution in [0.5, 0.6) is 0 Å². The molecule has 1 saturated heterocycles. The lowest BCUT2D eigenvalue weighted by Crippen LogP contribution is -2.36. The maximum atomic E-state index is 13.9. The summed E-state index contributed by atoms with van der Waals surface area (Å²) in [6, 6.07) is 15.7. The number of carbonyl (C=O) groups is 1. The van der Waals surface area contributed by atoms with Gasteiger partial charge in [-0.2, -0.15) is 0 Å². The Hall–Kier alpha value is -3.56. The van der Waals surface area contributed by atoms with Crippen molar-refractivity contribution in [1.82, 2.24) is 9.88 Å². The van der Waals surface area contributed by atoms with E-state index in [-0.39, 0.29) is 5.92 Å². The number of aromatic nitrogens is 1. The molecule has 0 aliphatic carbocycles. The van der Waals surface area contributed by atoms with E-state index >= 15 is 0 Å². The van der Waals surface area contributed by atoms with Gasteiger partial charge in [0.1, 0.15) is 0 Å². The molecule has 0 spiro atoms. The summed E-state index contributed by atoms with van der Waals surface area (Å²) in [4.78, 5) is 20.2. The zero-order chi connectivity index (χ0) is 28.6. The standard InChI is InChI=1S/C30H22ClF5N2OS/c1-16-2-4-18(5-3-16)29-28(17-6-8-20(31)9-7-17)37-30(40-29)19-12-14-38(15-13-19)22(39)11-10-21-23(32)25(34)27(36)26(35)24(21)33/h2-11,19H,12-15H2,1H3. The van der Waals surface area contributed by atoms with Crippen molar-refractivity contribution in [2.24, 2.45) is 0 Å². The maximum absolute atomic E-state index is 13.9. The number of halogens is 6. The fourth-order valence-corrected chi connectivity index (χ4v) is 5.98. The second-order valence-corrected chi connectivity index (χ2v) is 11.0. The topological polar surface area (TPSA) is 33.2 Å². The lowest BCUT2D eigenvalue weighted by molar-refractivity contribution is -0.126. The summed E-state index contributed by atoms with van der Waals surface area (Å²) in [6.07, 6.45) is 2.65. The first-order valence-electron chi connectivity index (χ1n) is 12.5. The predicted octanol–water partition coefficient (Wildman–Crippen LogP) is 8.55. The zero-order valence-electron chi connectivity index (χ0n) is 21.2. The van der Waals surface area contributed by atoms with Crippen LogP contribution in [0, 0.1) is 36.0 Å². The van der Waals surface area contributed by atoms with Crippen LogP contribution in [-0.2, 0) is 4.79 Å². The molecule has 3 aromatic carbocycles. The minimum absolute atomic E-state index is 0.0819. The van der Waals surface area contributed by atoms with Gasteiger partial charge in [-0.05, 0) is 43.5 Å². The van der Waals surface area contributed by atoms with E-state index in [1.54, 1.807) is 11.3 Å². The summed E-state index contributed by atoms with van der Waals surface area (Å²) in [5.41, 5.74) is 2.83. The fraction of sp³-hybridized carbons (Fsp3) is 0.200. The van der Waals surface area contributed by atoms with Gasteiger partial charge in [0.15, 0.2) is 23.3 Å². The van der Waals surface area contributed by atoms with Gasteiger partial charge in [-0.15, -0.1) is 11.3 Å². The number of nitrogens with zero attached hydrogens (tertiary/aromatic N) is 2. The summed E-state index contributed by atoms with van der Waals surface area (Å²) in [5, 5.41) is 1.56. The third-order valence-electron chi connectivity index (χ3n) is 6.87. The third kappa shape index (κ3) is 5.53. The summed E-state index contributed by atoms with van der Waals surface area (Å²) in [5.74, 6) is -10.8. The molecule has 1 aliphatic rings. The summed E-state index contributed by atoms with van der Waals surface area (Å²) in [7, 11) is 0.